The van der Waals surface area contributed by atoms with Crippen LogP contribution in [0.1, 0.15) is 56.9 Å². The van der Waals surface area contributed by atoms with Gasteiger partial charge in [0.2, 0.25) is 0 Å². The summed E-state index contributed by atoms with van der Waals surface area (Å²) in [7, 11) is 3.83. The molecule has 6 heteroatoms. The Morgan fingerprint density at radius 3 is 2.88 bits per heavy atom. The van der Waals surface area contributed by atoms with E-state index in [0.717, 1.165) is 83.0 Å². The van der Waals surface area contributed by atoms with Crippen molar-refractivity contribution in [1.82, 2.24) is 10.2 Å². The van der Waals surface area contributed by atoms with Crippen LogP contribution < -0.4 is 5.32 Å². The molecule has 2 fully saturated rings. The SMILES string of the molecule is CNCC(CC1CCOCC1)N1CCC[C@@H]([C@@](O)(CCCCOC)c2cccc3ccsc23)C1. The fourth-order valence-corrected chi connectivity index (χ4v) is 7.22. The molecule has 0 saturated carbocycles. The van der Waals surface area contributed by atoms with E-state index in [-0.39, 0.29) is 5.92 Å². The summed E-state index contributed by atoms with van der Waals surface area (Å²) in [6.45, 7) is 5.69. The molecule has 2 N–H and O–H groups in total. The molecule has 4 rings (SSSR count). The van der Waals surface area contributed by atoms with Gasteiger partial charge in [0.15, 0.2) is 0 Å². The largest absolute Gasteiger partial charge is 0.385 e. The number of nitrogens with one attached hydrogen (secondary N) is 1. The second-order valence-electron chi connectivity index (χ2n) is 10.4. The van der Waals surface area contributed by atoms with Crippen LogP contribution in [0.25, 0.3) is 10.1 Å². The molecular formula is C28H44N2O3S. The monoisotopic (exact) mass is 488 g/mol. The van der Waals surface area contributed by atoms with E-state index in [1.807, 2.05) is 0 Å². The van der Waals surface area contributed by atoms with Crippen LogP contribution in [-0.4, -0.2) is 69.7 Å². The average molecular weight is 489 g/mol. The third kappa shape index (κ3) is 6.21. The van der Waals surface area contributed by atoms with Gasteiger partial charge in [0, 0.05) is 62.2 Å². The number of hydrogen-bond acceptors (Lipinski definition) is 6. The first-order chi connectivity index (χ1) is 16.7. The number of likely N-dealkylation sites (N-methyl/N-ethyl adjacent to an activating group) is 1. The molecule has 0 amide bonds. The summed E-state index contributed by atoms with van der Waals surface area (Å²) >= 11 is 1.77. The van der Waals surface area contributed by atoms with Crippen molar-refractivity contribution in [2.24, 2.45) is 11.8 Å². The van der Waals surface area contributed by atoms with Crippen molar-refractivity contribution in [3.05, 3.63) is 35.2 Å². The van der Waals surface area contributed by atoms with Crippen molar-refractivity contribution in [3.63, 3.8) is 0 Å². The van der Waals surface area contributed by atoms with Crippen LogP contribution in [0, 0.1) is 11.8 Å². The molecule has 1 unspecified atom stereocenters. The fraction of sp³-hybridized carbons (Fsp3) is 0.714. The summed E-state index contributed by atoms with van der Waals surface area (Å²) in [5.74, 6) is 0.991. The molecule has 190 valence electrons. The highest BCUT2D eigenvalue weighted by molar-refractivity contribution is 7.17. The normalized spacial score (nSPS) is 23.2. The number of ether oxygens (including phenoxy) is 2. The Bertz CT molecular complexity index is 868. The van der Waals surface area contributed by atoms with Gasteiger partial charge in [-0.15, -0.1) is 11.3 Å². The zero-order chi connectivity index (χ0) is 23.8. The molecule has 2 aliphatic rings. The second-order valence-corrected chi connectivity index (χ2v) is 11.3. The highest BCUT2D eigenvalue weighted by Crippen LogP contribution is 2.44. The van der Waals surface area contributed by atoms with Crippen LogP contribution in [0.4, 0.5) is 0 Å². The number of thiophene rings is 1. The molecule has 3 atom stereocenters. The van der Waals surface area contributed by atoms with E-state index in [9.17, 15) is 5.11 Å². The third-order valence-electron chi connectivity index (χ3n) is 8.13. The van der Waals surface area contributed by atoms with Gasteiger partial charge in [0.1, 0.15) is 0 Å². The Kier molecular flexibility index (Phi) is 9.80. The Hall–Kier alpha value is -1.02. The number of rotatable bonds is 12. The number of aliphatic hydroxyl groups is 1. The highest BCUT2D eigenvalue weighted by atomic mass is 32.1. The lowest BCUT2D eigenvalue weighted by Gasteiger charge is -2.46. The van der Waals surface area contributed by atoms with Crippen molar-refractivity contribution in [2.75, 3.05) is 53.6 Å². The number of unbranched alkanes of at least 4 members (excludes halogenated alkanes) is 1. The molecule has 2 aliphatic heterocycles. The third-order valence-corrected chi connectivity index (χ3v) is 9.10. The van der Waals surface area contributed by atoms with Crippen molar-refractivity contribution in [2.45, 2.75) is 63.0 Å². The molecule has 0 bridgehead atoms. The average Bonchev–Trinajstić information content (AvgIpc) is 3.36. The Morgan fingerprint density at radius 2 is 2.09 bits per heavy atom. The topological polar surface area (TPSA) is 54.0 Å². The summed E-state index contributed by atoms with van der Waals surface area (Å²) < 4.78 is 12.2. The van der Waals surface area contributed by atoms with Crippen molar-refractivity contribution >= 4 is 21.4 Å². The minimum atomic E-state index is -0.806. The number of nitrogens with zero attached hydrogens (tertiary/aromatic N) is 1. The van der Waals surface area contributed by atoms with Gasteiger partial charge >= 0.3 is 0 Å². The van der Waals surface area contributed by atoms with Crippen LogP contribution in [0.3, 0.4) is 0 Å². The molecule has 3 heterocycles. The van der Waals surface area contributed by atoms with Gasteiger partial charge in [-0.2, -0.15) is 0 Å². The first-order valence-electron chi connectivity index (χ1n) is 13.3. The molecule has 2 aromatic rings. The van der Waals surface area contributed by atoms with Gasteiger partial charge in [-0.3, -0.25) is 4.90 Å². The molecular weight excluding hydrogens is 444 g/mol. The molecule has 34 heavy (non-hydrogen) atoms. The summed E-state index contributed by atoms with van der Waals surface area (Å²) in [5.41, 5.74) is 0.332. The minimum Gasteiger partial charge on any atom is -0.385 e. The van der Waals surface area contributed by atoms with E-state index in [2.05, 4.69) is 46.9 Å². The van der Waals surface area contributed by atoms with Crippen LogP contribution in [0.5, 0.6) is 0 Å². The van der Waals surface area contributed by atoms with Crippen molar-refractivity contribution in [1.29, 1.82) is 0 Å². The number of methoxy groups -OCH3 is 1. The van der Waals surface area contributed by atoms with Crippen LogP contribution in [-0.2, 0) is 15.1 Å². The number of hydrogen-bond donors (Lipinski definition) is 2. The maximum atomic E-state index is 12.5. The van der Waals surface area contributed by atoms with Gasteiger partial charge < -0.3 is 19.9 Å². The van der Waals surface area contributed by atoms with Crippen molar-refractivity contribution < 1.29 is 14.6 Å². The summed E-state index contributed by atoms with van der Waals surface area (Å²) in [4.78, 5) is 2.69. The van der Waals surface area contributed by atoms with Crippen LogP contribution in [0.2, 0.25) is 0 Å². The van der Waals surface area contributed by atoms with E-state index < -0.39 is 5.60 Å². The van der Waals surface area contributed by atoms with E-state index in [4.69, 9.17) is 9.47 Å². The Morgan fingerprint density at radius 1 is 1.24 bits per heavy atom. The lowest BCUT2D eigenvalue weighted by atomic mass is 9.73. The quantitative estimate of drug-likeness (QED) is 0.411. The first-order valence-corrected chi connectivity index (χ1v) is 14.2. The van der Waals surface area contributed by atoms with E-state index in [1.165, 1.54) is 29.3 Å². The molecule has 1 aromatic heterocycles. The first kappa shape index (κ1) is 26.1. The number of likely N-dealkylation sites (tertiary alicyclic amines) is 1. The summed E-state index contributed by atoms with van der Waals surface area (Å²) in [6, 6.07) is 9.18. The molecule has 2 saturated heterocycles. The zero-order valence-electron chi connectivity index (χ0n) is 21.1. The van der Waals surface area contributed by atoms with Gasteiger partial charge in [0.25, 0.3) is 0 Å². The maximum absolute atomic E-state index is 12.5. The van der Waals surface area contributed by atoms with E-state index in [1.54, 1.807) is 18.4 Å². The van der Waals surface area contributed by atoms with Crippen molar-refractivity contribution in [3.8, 4) is 0 Å². The van der Waals surface area contributed by atoms with Crippen LogP contribution in [0.15, 0.2) is 29.6 Å². The van der Waals surface area contributed by atoms with E-state index >= 15 is 0 Å². The molecule has 0 radical (unpaired) electrons. The number of benzene rings is 1. The predicted octanol–water partition coefficient (Wildman–Crippen LogP) is 5.02. The smallest absolute Gasteiger partial charge is 0.0950 e. The lowest BCUT2D eigenvalue weighted by molar-refractivity contribution is -0.0685. The second kappa shape index (κ2) is 12.8. The Labute approximate surface area is 209 Å². The molecule has 5 nitrogen and oxygen atoms in total. The number of fused-ring (bicyclic) bond motifs is 1. The molecule has 0 spiro atoms. The summed E-state index contributed by atoms with van der Waals surface area (Å²) in [6.07, 6.45) is 8.59. The van der Waals surface area contributed by atoms with Gasteiger partial charge in [-0.25, -0.2) is 0 Å². The zero-order valence-corrected chi connectivity index (χ0v) is 22.0. The summed E-state index contributed by atoms with van der Waals surface area (Å²) in [5, 5.41) is 19.3. The molecule has 0 aliphatic carbocycles. The van der Waals surface area contributed by atoms with Gasteiger partial charge in [0.05, 0.1) is 5.60 Å². The molecule has 1 aromatic carbocycles. The highest BCUT2D eigenvalue weighted by Gasteiger charge is 2.42. The standard InChI is InChI=1S/C28H44N2O3S/c1-29-20-25(19-22-10-16-33-17-11-22)30-14-6-8-24(21-30)28(31,13-3-4-15-32-2)26-9-5-7-23-12-18-34-27(23)26/h5,7,9,12,18,22,24-25,29,31H,3-4,6,8,10-11,13-17,19-21H2,1-2H3/t24-,25?,28+/m1/s1. The Balaban J connectivity index is 1.55. The predicted molar refractivity (Wildman–Crippen MR) is 142 cm³/mol. The minimum absolute atomic E-state index is 0.241. The number of piperidine rings is 1. The van der Waals surface area contributed by atoms with Gasteiger partial charge in [-0.1, -0.05) is 18.2 Å². The van der Waals surface area contributed by atoms with Gasteiger partial charge in [-0.05, 0) is 87.7 Å². The fourth-order valence-electron chi connectivity index (χ4n) is 6.23. The van der Waals surface area contributed by atoms with Crippen LogP contribution >= 0.6 is 11.3 Å². The van der Waals surface area contributed by atoms with E-state index in [0.29, 0.717) is 6.04 Å². The maximum Gasteiger partial charge on any atom is 0.0950 e. The lowest BCUT2D eigenvalue weighted by Crippen LogP contribution is -2.52.